The van der Waals surface area contributed by atoms with Crippen LogP contribution in [-0.4, -0.2) is 16.0 Å². The fraction of sp³-hybridized carbons (Fsp3) is 0.200. The molecular formula is C10H12BN2-. The molecule has 1 heterocycles. The van der Waals surface area contributed by atoms with Crippen molar-refractivity contribution in [3.8, 4) is 0 Å². The highest BCUT2D eigenvalue weighted by atomic mass is 15.2. The molecule has 0 fully saturated rings. The number of rotatable bonds is 2. The van der Waals surface area contributed by atoms with E-state index in [2.05, 4.69) is 30.6 Å². The van der Waals surface area contributed by atoms with Crippen LogP contribution in [0.4, 0.5) is 0 Å². The molecule has 0 N–H and O–H groups in total. The molecule has 66 valence electrons. The normalized spacial score (nSPS) is 15.1. The van der Waals surface area contributed by atoms with Crippen LogP contribution in [0.1, 0.15) is 0 Å². The van der Waals surface area contributed by atoms with Crippen LogP contribution in [0.5, 0.6) is 0 Å². The second-order valence-corrected chi connectivity index (χ2v) is 3.91. The van der Waals surface area contributed by atoms with Crippen LogP contribution in [0, 0.1) is 0 Å². The molecule has 1 aliphatic rings. The lowest BCUT2D eigenvalue weighted by atomic mass is 9.35. The van der Waals surface area contributed by atoms with Crippen molar-refractivity contribution in [3.05, 3.63) is 47.9 Å². The number of nitrogens with zero attached hydrogens (tertiary/aromatic N) is 2. The summed E-state index contributed by atoms with van der Waals surface area (Å²) in [7, 11) is 0. The summed E-state index contributed by atoms with van der Waals surface area (Å²) < 4.78 is 2.01. The molecular weight excluding hydrogens is 159 g/mol. The highest BCUT2D eigenvalue weighted by Crippen LogP contribution is 2.18. The maximum Gasteiger partial charge on any atom is 0.143 e. The van der Waals surface area contributed by atoms with Crippen LogP contribution in [-0.2, 0) is 0 Å². The Morgan fingerprint density at radius 2 is 2.31 bits per heavy atom. The van der Waals surface area contributed by atoms with Gasteiger partial charge < -0.3 is 4.59 Å². The smallest absolute Gasteiger partial charge is 0.143 e. The fourth-order valence-corrected chi connectivity index (χ4v) is 1.59. The Morgan fingerprint density at radius 1 is 1.46 bits per heavy atom. The lowest BCUT2D eigenvalue weighted by Gasteiger charge is -2.31. The third kappa shape index (κ3) is 1.27. The predicted octanol–water partition coefficient (Wildman–Crippen LogP) is 2.13. The van der Waals surface area contributed by atoms with E-state index in [0.717, 1.165) is 0 Å². The molecule has 1 aromatic heterocycles. The molecule has 0 radical (unpaired) electrons. The number of hydrogen-bond donors (Lipinski definition) is 0. The summed E-state index contributed by atoms with van der Waals surface area (Å²) in [6, 6.07) is 1.95. The Kier molecular flexibility index (Phi) is 1.75. The zero-order chi connectivity index (χ0) is 9.31. The maximum absolute atomic E-state index is 4.27. The van der Waals surface area contributed by atoms with E-state index in [1.165, 1.54) is 5.47 Å². The van der Waals surface area contributed by atoms with E-state index in [4.69, 9.17) is 0 Å². The Hall–Kier alpha value is -1.47. The van der Waals surface area contributed by atoms with Crippen LogP contribution in [0.25, 0.3) is 0 Å². The molecule has 0 atom stereocenters. The van der Waals surface area contributed by atoms with Gasteiger partial charge in [0, 0.05) is 6.20 Å². The average Bonchev–Trinajstić information content (AvgIpc) is 2.78. The second-order valence-electron chi connectivity index (χ2n) is 3.91. The van der Waals surface area contributed by atoms with Crippen LogP contribution < -0.4 is 0 Å². The van der Waals surface area contributed by atoms with Crippen molar-refractivity contribution in [1.82, 2.24) is 9.69 Å². The van der Waals surface area contributed by atoms with E-state index in [1.807, 2.05) is 35.2 Å². The third-order valence-corrected chi connectivity index (χ3v) is 2.57. The van der Waals surface area contributed by atoms with E-state index in [1.54, 1.807) is 0 Å². The Labute approximate surface area is 78.2 Å². The molecule has 0 bridgehead atoms. The molecule has 1 aromatic rings. The molecule has 0 aliphatic heterocycles. The first-order valence-corrected chi connectivity index (χ1v) is 4.58. The fourth-order valence-electron chi connectivity index (χ4n) is 1.59. The van der Waals surface area contributed by atoms with Crippen LogP contribution in [0.15, 0.2) is 47.9 Å². The molecule has 3 heteroatoms. The molecule has 0 saturated heterocycles. The lowest BCUT2D eigenvalue weighted by molar-refractivity contribution is 0.937. The predicted molar refractivity (Wildman–Crippen MR) is 55.8 cm³/mol. The Bertz CT molecular complexity index is 393. The summed E-state index contributed by atoms with van der Waals surface area (Å²) >= 11 is 0. The molecule has 13 heavy (non-hydrogen) atoms. The van der Waals surface area contributed by atoms with Crippen LogP contribution >= 0.6 is 0 Å². The topological polar surface area (TPSA) is 17.8 Å². The molecule has 0 saturated carbocycles. The average molecular weight is 171 g/mol. The van der Waals surface area contributed by atoms with E-state index in [-0.39, 0.29) is 0 Å². The van der Waals surface area contributed by atoms with Crippen molar-refractivity contribution in [1.29, 1.82) is 0 Å². The molecule has 0 amide bonds. The van der Waals surface area contributed by atoms with Gasteiger partial charge in [0.15, 0.2) is 0 Å². The van der Waals surface area contributed by atoms with Gasteiger partial charge in [0.1, 0.15) is 6.28 Å². The largest absolute Gasteiger partial charge is 0.441 e. The van der Waals surface area contributed by atoms with E-state index in [9.17, 15) is 0 Å². The molecule has 0 aromatic carbocycles. The van der Waals surface area contributed by atoms with Gasteiger partial charge in [-0.2, -0.15) is 19.4 Å². The number of hydrogen-bond acceptors (Lipinski definition) is 1. The molecule has 0 spiro atoms. The Morgan fingerprint density at radius 3 is 2.85 bits per heavy atom. The first kappa shape index (κ1) is 8.15. The molecule has 0 unspecified atom stereocenters. The molecule has 2 rings (SSSR count). The van der Waals surface area contributed by atoms with Crippen molar-refractivity contribution in [2.45, 2.75) is 13.6 Å². The summed E-state index contributed by atoms with van der Waals surface area (Å²) in [5.74, 6) is 0. The highest BCUT2D eigenvalue weighted by Gasteiger charge is 2.19. The minimum absolute atomic E-state index is 0.778. The van der Waals surface area contributed by atoms with Gasteiger partial charge in [0.25, 0.3) is 0 Å². The quantitative estimate of drug-likeness (QED) is 0.492. The number of allylic oxidation sites excluding steroid dienone is 3. The number of aromatic nitrogens is 2. The van der Waals surface area contributed by atoms with Gasteiger partial charge in [-0.1, -0.05) is 12.2 Å². The second kappa shape index (κ2) is 2.79. The zero-order valence-electron chi connectivity index (χ0n) is 7.94. The first-order chi connectivity index (χ1) is 6.21. The minimum Gasteiger partial charge on any atom is -0.441 e. The monoisotopic (exact) mass is 171 g/mol. The summed E-state index contributed by atoms with van der Waals surface area (Å²) in [6.07, 6.45) is 9.10. The van der Waals surface area contributed by atoms with Crippen molar-refractivity contribution in [3.63, 3.8) is 0 Å². The van der Waals surface area contributed by atoms with Crippen LogP contribution in [0.3, 0.4) is 0 Å². The maximum atomic E-state index is 4.27. The van der Waals surface area contributed by atoms with Crippen LogP contribution in [0.2, 0.25) is 13.6 Å². The van der Waals surface area contributed by atoms with Gasteiger partial charge >= 0.3 is 0 Å². The van der Waals surface area contributed by atoms with Gasteiger partial charge in [-0.05, 0) is 18.3 Å². The van der Waals surface area contributed by atoms with Crippen molar-refractivity contribution in [2.75, 3.05) is 0 Å². The van der Waals surface area contributed by atoms with Gasteiger partial charge in [0.2, 0.25) is 0 Å². The van der Waals surface area contributed by atoms with E-state index >= 15 is 0 Å². The molecule has 2 nitrogen and oxygen atoms in total. The lowest BCUT2D eigenvalue weighted by Crippen LogP contribution is -2.38. The minimum atomic E-state index is -0.778. The van der Waals surface area contributed by atoms with E-state index in [0.29, 0.717) is 0 Å². The van der Waals surface area contributed by atoms with Gasteiger partial charge in [0.05, 0.1) is 0 Å². The van der Waals surface area contributed by atoms with Crippen molar-refractivity contribution in [2.24, 2.45) is 0 Å². The zero-order valence-corrected chi connectivity index (χ0v) is 7.94. The third-order valence-electron chi connectivity index (χ3n) is 2.57. The summed E-state index contributed by atoms with van der Waals surface area (Å²) in [4.78, 5) is 0. The van der Waals surface area contributed by atoms with E-state index < -0.39 is 6.28 Å². The SMILES string of the molecule is C[B-](C)(C1=C=CC=C1)n1cccn1. The highest BCUT2D eigenvalue weighted by molar-refractivity contribution is 6.83. The van der Waals surface area contributed by atoms with Crippen molar-refractivity contribution < 1.29 is 0 Å². The van der Waals surface area contributed by atoms with Gasteiger partial charge in [-0.25, -0.2) is 5.10 Å². The van der Waals surface area contributed by atoms with Gasteiger partial charge in [-0.15, -0.1) is 5.47 Å². The van der Waals surface area contributed by atoms with Gasteiger partial charge in [-0.3, -0.25) is 0 Å². The Balaban J connectivity index is 2.42. The summed E-state index contributed by atoms with van der Waals surface area (Å²) in [5, 5.41) is 4.27. The standard InChI is InChI=1S/C10H12BN2/c1-11(2,10-6-3-4-7-10)13-9-5-8-12-13/h3-6,8-9H,1-2H3/q-1. The van der Waals surface area contributed by atoms with Crippen molar-refractivity contribution >= 4 is 6.28 Å². The first-order valence-electron chi connectivity index (χ1n) is 4.58. The molecule has 1 aliphatic carbocycles. The summed E-state index contributed by atoms with van der Waals surface area (Å²) in [6.45, 7) is 4.39. The summed E-state index contributed by atoms with van der Waals surface area (Å²) in [5.41, 5.74) is 4.46.